The van der Waals surface area contributed by atoms with Gasteiger partial charge in [0.2, 0.25) is 0 Å². The molecule has 0 spiro atoms. The van der Waals surface area contributed by atoms with Crippen molar-refractivity contribution in [2.45, 2.75) is 109 Å². The second kappa shape index (κ2) is 12.7. The molecule has 0 saturated carbocycles. The maximum absolute atomic E-state index is 13.2. The van der Waals surface area contributed by atoms with E-state index < -0.39 is 29.4 Å². The Morgan fingerprint density at radius 3 is 1.68 bits per heavy atom. The molecule has 1 rings (SSSR count). The van der Waals surface area contributed by atoms with Crippen molar-refractivity contribution in [3.05, 3.63) is 35.4 Å². The van der Waals surface area contributed by atoms with E-state index in [1.807, 2.05) is 0 Å². The van der Waals surface area contributed by atoms with Crippen molar-refractivity contribution < 1.29 is 4.21 Å². The molecule has 1 aromatic rings. The fourth-order valence-electron chi connectivity index (χ4n) is 3.98. The van der Waals surface area contributed by atoms with E-state index in [2.05, 4.69) is 77.5 Å². The van der Waals surface area contributed by atoms with Gasteiger partial charge in [0.05, 0.1) is 0 Å². The number of hydrogen-bond acceptors (Lipinski definition) is 1. The van der Waals surface area contributed by atoms with E-state index in [9.17, 15) is 4.21 Å². The summed E-state index contributed by atoms with van der Waals surface area (Å²) in [7, 11) is -1.03. The third-order valence-electron chi connectivity index (χ3n) is 5.89. The number of rotatable bonds is 13. The van der Waals surface area contributed by atoms with Crippen molar-refractivity contribution >= 4 is 29.4 Å². The predicted molar refractivity (Wildman–Crippen MR) is 130 cm³/mol. The molecular formula is C24H45NOSSn. The quantitative estimate of drug-likeness (QED) is 0.272. The Hall–Kier alpha value is 0.129. The van der Waals surface area contributed by atoms with E-state index in [1.165, 1.54) is 63.0 Å². The van der Waals surface area contributed by atoms with Crippen molar-refractivity contribution in [2.75, 3.05) is 0 Å². The Balaban J connectivity index is 3.43. The van der Waals surface area contributed by atoms with Crippen LogP contribution >= 0.6 is 0 Å². The molecule has 1 unspecified atom stereocenters. The fourth-order valence-corrected chi connectivity index (χ4v) is 24.2. The van der Waals surface area contributed by atoms with Crippen LogP contribution in [0.1, 0.15) is 95.3 Å². The van der Waals surface area contributed by atoms with E-state index >= 15 is 0 Å². The van der Waals surface area contributed by atoms with Gasteiger partial charge < -0.3 is 0 Å². The standard InChI is InChI=1S/C12H18NOS.3C4H9.Sn/c1-10-5-7-11(8-6-10)9-13-15(14)12(2,3)4;3*1-3-4-2;/h5-9,13H,1-4H3;3*1,3-4H2,2H3;. The summed E-state index contributed by atoms with van der Waals surface area (Å²) < 4.78 is 21.3. The van der Waals surface area contributed by atoms with Gasteiger partial charge in [-0.25, -0.2) is 0 Å². The average Bonchev–Trinajstić information content (AvgIpc) is 2.66. The predicted octanol–water partition coefficient (Wildman–Crippen LogP) is 7.48. The molecule has 0 aliphatic carbocycles. The number of aryl methyl sites for hydroxylation is 1. The number of nitrogens with one attached hydrogen (secondary N) is 1. The maximum atomic E-state index is 13.2. The van der Waals surface area contributed by atoms with Crippen LogP contribution in [0.2, 0.25) is 13.3 Å². The van der Waals surface area contributed by atoms with Crippen LogP contribution in [0, 0.1) is 6.92 Å². The number of benzene rings is 1. The molecule has 0 aliphatic rings. The Morgan fingerprint density at radius 1 is 0.893 bits per heavy atom. The summed E-state index contributed by atoms with van der Waals surface area (Å²) in [5.41, 5.74) is 2.69. The Kier molecular flexibility index (Phi) is 11.9. The van der Waals surface area contributed by atoms with Crippen LogP contribution in [0.3, 0.4) is 0 Å². The first-order valence-corrected chi connectivity index (χ1v) is 20.3. The summed E-state index contributed by atoms with van der Waals surface area (Å²) in [4.78, 5) is 0. The molecule has 2 atom stereocenters. The van der Waals surface area contributed by atoms with Gasteiger partial charge in [-0.3, -0.25) is 0 Å². The van der Waals surface area contributed by atoms with Gasteiger partial charge in [0.15, 0.2) is 0 Å². The molecule has 1 aromatic carbocycles. The normalized spacial score (nSPS) is 14.8. The molecule has 0 aliphatic heterocycles. The molecule has 28 heavy (non-hydrogen) atoms. The Morgan fingerprint density at radius 2 is 1.32 bits per heavy atom. The van der Waals surface area contributed by atoms with Crippen LogP contribution in [0.5, 0.6) is 0 Å². The van der Waals surface area contributed by atoms with Crippen LogP contribution in [0.4, 0.5) is 0 Å². The van der Waals surface area contributed by atoms with Gasteiger partial charge in [-0.2, -0.15) is 0 Å². The van der Waals surface area contributed by atoms with Crippen molar-refractivity contribution in [3.63, 3.8) is 0 Å². The fraction of sp³-hybridized carbons (Fsp3) is 0.750. The van der Waals surface area contributed by atoms with E-state index in [4.69, 9.17) is 0 Å². The average molecular weight is 514 g/mol. The minimum absolute atomic E-state index is 0.235. The van der Waals surface area contributed by atoms with Crippen molar-refractivity contribution in [2.24, 2.45) is 0 Å². The first kappa shape index (κ1) is 26.2. The Labute approximate surface area is 182 Å². The van der Waals surface area contributed by atoms with E-state index in [-0.39, 0.29) is 4.75 Å². The van der Waals surface area contributed by atoms with Gasteiger partial charge in [0.1, 0.15) is 0 Å². The molecule has 4 heteroatoms. The van der Waals surface area contributed by atoms with Crippen LogP contribution in [0.15, 0.2) is 24.3 Å². The molecule has 0 bridgehead atoms. The minimum atomic E-state index is -2.64. The van der Waals surface area contributed by atoms with Crippen LogP contribution in [0.25, 0.3) is 0 Å². The van der Waals surface area contributed by atoms with Crippen LogP contribution < -0.4 is 4.72 Å². The topological polar surface area (TPSA) is 29.1 Å². The third-order valence-corrected chi connectivity index (χ3v) is 24.5. The molecular weight excluding hydrogens is 469 g/mol. The molecule has 0 heterocycles. The monoisotopic (exact) mass is 515 g/mol. The van der Waals surface area contributed by atoms with E-state index in [0.29, 0.717) is 4.06 Å². The zero-order valence-corrected chi connectivity index (χ0v) is 23.2. The molecule has 0 radical (unpaired) electrons. The molecule has 2 nitrogen and oxygen atoms in total. The molecule has 0 saturated heterocycles. The zero-order valence-electron chi connectivity index (χ0n) is 19.6. The van der Waals surface area contributed by atoms with Gasteiger partial charge >= 0.3 is 183 Å². The van der Waals surface area contributed by atoms with Gasteiger partial charge in [0, 0.05) is 0 Å². The van der Waals surface area contributed by atoms with Gasteiger partial charge in [0.25, 0.3) is 0 Å². The first-order chi connectivity index (χ1) is 13.2. The van der Waals surface area contributed by atoms with Crippen molar-refractivity contribution in [1.82, 2.24) is 4.72 Å². The van der Waals surface area contributed by atoms with E-state index in [0.717, 1.165) is 0 Å². The number of hydrogen-bond donors (Lipinski definition) is 1. The number of unbranched alkanes of at least 4 members (excludes halogenated alkanes) is 3. The van der Waals surface area contributed by atoms with Crippen LogP contribution in [-0.2, 0) is 11.0 Å². The van der Waals surface area contributed by atoms with Crippen LogP contribution in [-0.4, -0.2) is 27.3 Å². The summed E-state index contributed by atoms with van der Waals surface area (Å²) in [6.45, 7) is 15.4. The molecule has 0 amide bonds. The zero-order chi connectivity index (χ0) is 21.2. The molecule has 1 N–H and O–H groups in total. The van der Waals surface area contributed by atoms with Gasteiger partial charge in [-0.15, -0.1) is 0 Å². The second-order valence-electron chi connectivity index (χ2n) is 9.52. The second-order valence-corrected chi connectivity index (χ2v) is 25.2. The third kappa shape index (κ3) is 8.10. The summed E-state index contributed by atoms with van der Waals surface area (Å²) >= 11 is -2.64. The molecule has 0 fully saturated rings. The van der Waals surface area contributed by atoms with Crippen molar-refractivity contribution in [3.8, 4) is 0 Å². The van der Waals surface area contributed by atoms with Gasteiger partial charge in [-0.1, -0.05) is 0 Å². The first-order valence-electron chi connectivity index (χ1n) is 11.4. The Bertz CT molecular complexity index is 557. The summed E-state index contributed by atoms with van der Waals surface area (Å²) in [6, 6.07) is 9.09. The summed E-state index contributed by atoms with van der Waals surface area (Å²) in [6.07, 6.45) is 7.78. The SMILES string of the molecule is CCC[CH2][Sn]([CH2]CCC)([CH2]CCC)[C@@H](NS(=O)C(C)(C)C)c1ccc(C)cc1. The molecule has 162 valence electrons. The van der Waals surface area contributed by atoms with Gasteiger partial charge in [-0.05, 0) is 0 Å². The molecule has 0 aromatic heterocycles. The summed E-state index contributed by atoms with van der Waals surface area (Å²) in [5, 5.41) is 0. The van der Waals surface area contributed by atoms with Crippen molar-refractivity contribution in [1.29, 1.82) is 0 Å². The van der Waals surface area contributed by atoms with E-state index in [1.54, 1.807) is 0 Å². The summed E-state index contributed by atoms with van der Waals surface area (Å²) in [5.74, 6) is 0.